The Kier molecular flexibility index (Phi) is 6.77. The standard InChI is InChI=1S/C26H29N7O3/c1-16-22(11-20(12-28-16)25(34)27-6-3-17-4-7-36-8-5-17)32-26(35)19-9-18-10-23(31-24(18)29-13-19)21-14-30-33(2)15-21/h9-15,17H,3-8H2,1-2H3,(H,27,34)(H,29,31)(H,32,35). The number of carbonyl (C=O) groups excluding carboxylic acids is 2. The van der Waals surface area contributed by atoms with Gasteiger partial charge < -0.3 is 20.4 Å². The second-order valence-electron chi connectivity index (χ2n) is 9.16. The van der Waals surface area contributed by atoms with E-state index in [0.717, 1.165) is 49.1 Å². The fourth-order valence-corrected chi connectivity index (χ4v) is 4.36. The summed E-state index contributed by atoms with van der Waals surface area (Å²) in [5.74, 6) is 0.0513. The first kappa shape index (κ1) is 23.7. The lowest BCUT2D eigenvalue weighted by Gasteiger charge is -2.21. The normalized spacial score (nSPS) is 14.2. The van der Waals surface area contributed by atoms with E-state index in [4.69, 9.17) is 4.74 Å². The molecule has 0 atom stereocenters. The highest BCUT2D eigenvalue weighted by Gasteiger charge is 2.16. The first-order valence-corrected chi connectivity index (χ1v) is 12.1. The number of aromatic nitrogens is 5. The van der Waals surface area contributed by atoms with Crippen LogP contribution in [0.3, 0.4) is 0 Å². The number of nitrogens with one attached hydrogen (secondary N) is 3. The molecule has 0 bridgehead atoms. The van der Waals surface area contributed by atoms with Crippen LogP contribution in [0.5, 0.6) is 0 Å². The van der Waals surface area contributed by atoms with Gasteiger partial charge in [0.2, 0.25) is 0 Å². The second kappa shape index (κ2) is 10.3. The first-order chi connectivity index (χ1) is 17.5. The van der Waals surface area contributed by atoms with Gasteiger partial charge in [0.1, 0.15) is 5.65 Å². The third kappa shape index (κ3) is 5.28. The highest BCUT2D eigenvalue weighted by atomic mass is 16.5. The molecule has 5 heterocycles. The van der Waals surface area contributed by atoms with Crippen LogP contribution in [-0.4, -0.2) is 56.3 Å². The van der Waals surface area contributed by atoms with E-state index in [-0.39, 0.29) is 11.8 Å². The molecule has 0 unspecified atom stereocenters. The Morgan fingerprint density at radius 2 is 1.86 bits per heavy atom. The predicted molar refractivity (Wildman–Crippen MR) is 136 cm³/mol. The number of amides is 2. The van der Waals surface area contributed by atoms with E-state index in [1.54, 1.807) is 29.9 Å². The van der Waals surface area contributed by atoms with Crippen molar-refractivity contribution >= 4 is 28.5 Å². The van der Waals surface area contributed by atoms with Gasteiger partial charge in [0, 0.05) is 56.3 Å². The molecule has 4 aromatic rings. The molecular weight excluding hydrogens is 458 g/mol. The van der Waals surface area contributed by atoms with E-state index in [2.05, 4.69) is 30.7 Å². The van der Waals surface area contributed by atoms with Gasteiger partial charge in [-0.3, -0.25) is 19.3 Å². The molecule has 0 saturated carbocycles. The van der Waals surface area contributed by atoms with E-state index in [1.807, 2.05) is 19.3 Å². The minimum Gasteiger partial charge on any atom is -0.381 e. The fourth-order valence-electron chi connectivity index (χ4n) is 4.36. The quantitative estimate of drug-likeness (QED) is 0.366. The van der Waals surface area contributed by atoms with Crippen molar-refractivity contribution in [3.63, 3.8) is 0 Å². The highest BCUT2D eigenvalue weighted by Crippen LogP contribution is 2.24. The third-order valence-electron chi connectivity index (χ3n) is 6.52. The topological polar surface area (TPSA) is 127 Å². The van der Waals surface area contributed by atoms with Crippen LogP contribution in [0, 0.1) is 12.8 Å². The molecule has 36 heavy (non-hydrogen) atoms. The summed E-state index contributed by atoms with van der Waals surface area (Å²) in [6.45, 7) is 3.97. The average Bonchev–Trinajstić information content (AvgIpc) is 3.51. The minimum absolute atomic E-state index is 0.205. The van der Waals surface area contributed by atoms with Gasteiger partial charge in [-0.2, -0.15) is 5.10 Å². The number of pyridine rings is 2. The molecule has 10 nitrogen and oxygen atoms in total. The summed E-state index contributed by atoms with van der Waals surface area (Å²) < 4.78 is 7.11. The van der Waals surface area contributed by atoms with Crippen LogP contribution in [0.4, 0.5) is 5.69 Å². The Hall–Kier alpha value is -4.05. The van der Waals surface area contributed by atoms with E-state index in [0.29, 0.717) is 40.6 Å². The summed E-state index contributed by atoms with van der Waals surface area (Å²) in [7, 11) is 1.86. The number of carbonyl (C=O) groups is 2. The second-order valence-corrected chi connectivity index (χ2v) is 9.16. The summed E-state index contributed by atoms with van der Waals surface area (Å²) in [5, 5.41) is 10.8. The Bertz CT molecular complexity index is 1400. The zero-order valence-corrected chi connectivity index (χ0v) is 20.4. The zero-order chi connectivity index (χ0) is 25.1. The number of anilines is 1. The predicted octanol–water partition coefficient (Wildman–Crippen LogP) is 3.47. The summed E-state index contributed by atoms with van der Waals surface area (Å²) in [5.41, 5.74) is 4.42. The number of fused-ring (bicyclic) bond motifs is 1. The average molecular weight is 488 g/mol. The number of nitrogens with zero attached hydrogens (tertiary/aromatic N) is 4. The number of H-pyrrole nitrogens is 1. The number of hydrogen-bond acceptors (Lipinski definition) is 6. The van der Waals surface area contributed by atoms with Gasteiger partial charge in [0.15, 0.2) is 0 Å². The molecule has 0 radical (unpaired) electrons. The maximum Gasteiger partial charge on any atom is 0.257 e. The molecule has 3 N–H and O–H groups in total. The molecule has 5 rings (SSSR count). The summed E-state index contributed by atoms with van der Waals surface area (Å²) in [4.78, 5) is 37.6. The summed E-state index contributed by atoms with van der Waals surface area (Å²) >= 11 is 0. The van der Waals surface area contributed by atoms with Crippen LogP contribution in [0.2, 0.25) is 0 Å². The molecule has 1 saturated heterocycles. The van der Waals surface area contributed by atoms with Crippen LogP contribution < -0.4 is 10.6 Å². The molecule has 0 aliphatic carbocycles. The van der Waals surface area contributed by atoms with Gasteiger partial charge in [-0.1, -0.05) is 0 Å². The van der Waals surface area contributed by atoms with Gasteiger partial charge in [0.25, 0.3) is 11.8 Å². The molecule has 1 aliphatic rings. The van der Waals surface area contributed by atoms with Gasteiger partial charge in [-0.05, 0) is 50.3 Å². The van der Waals surface area contributed by atoms with Crippen LogP contribution in [0.15, 0.2) is 43.0 Å². The van der Waals surface area contributed by atoms with Crippen molar-refractivity contribution in [2.24, 2.45) is 13.0 Å². The van der Waals surface area contributed by atoms with Crippen molar-refractivity contribution in [3.05, 3.63) is 59.8 Å². The van der Waals surface area contributed by atoms with Crippen molar-refractivity contribution in [2.75, 3.05) is 25.1 Å². The molecule has 4 aromatic heterocycles. The number of hydrogen-bond donors (Lipinski definition) is 3. The van der Waals surface area contributed by atoms with Crippen molar-refractivity contribution in [2.45, 2.75) is 26.2 Å². The van der Waals surface area contributed by atoms with E-state index in [9.17, 15) is 9.59 Å². The number of ether oxygens (including phenoxy) is 1. The van der Waals surface area contributed by atoms with Gasteiger partial charge >= 0.3 is 0 Å². The molecule has 2 amide bonds. The van der Waals surface area contributed by atoms with E-state index < -0.39 is 0 Å². The molecule has 186 valence electrons. The SMILES string of the molecule is Cc1ncc(C(=O)NCCC2CCOCC2)cc1NC(=O)c1cnc2[nH]c(-c3cnn(C)c3)cc2c1. The van der Waals surface area contributed by atoms with E-state index in [1.165, 1.54) is 12.4 Å². The maximum atomic E-state index is 13.0. The molecule has 0 aromatic carbocycles. The lowest BCUT2D eigenvalue weighted by molar-refractivity contribution is 0.0636. The summed E-state index contributed by atoms with van der Waals surface area (Å²) in [6.07, 6.45) is 9.72. The molecular formula is C26H29N7O3. The monoisotopic (exact) mass is 487 g/mol. The largest absolute Gasteiger partial charge is 0.381 e. The smallest absolute Gasteiger partial charge is 0.257 e. The number of aryl methyl sites for hydroxylation is 2. The highest BCUT2D eigenvalue weighted by molar-refractivity contribution is 6.06. The van der Waals surface area contributed by atoms with Crippen molar-refractivity contribution in [3.8, 4) is 11.3 Å². The molecule has 1 fully saturated rings. The molecule has 1 aliphatic heterocycles. The van der Waals surface area contributed by atoms with Gasteiger partial charge in [0.05, 0.1) is 34.4 Å². The van der Waals surface area contributed by atoms with Crippen LogP contribution in [-0.2, 0) is 11.8 Å². The Labute approximate surface area is 208 Å². The van der Waals surface area contributed by atoms with Crippen molar-refractivity contribution < 1.29 is 14.3 Å². The minimum atomic E-state index is -0.324. The summed E-state index contributed by atoms with van der Waals surface area (Å²) in [6, 6.07) is 5.38. The van der Waals surface area contributed by atoms with Gasteiger partial charge in [-0.25, -0.2) is 4.98 Å². The maximum absolute atomic E-state index is 13.0. The Morgan fingerprint density at radius 3 is 2.64 bits per heavy atom. The van der Waals surface area contributed by atoms with Crippen molar-refractivity contribution in [1.29, 1.82) is 0 Å². The van der Waals surface area contributed by atoms with Crippen molar-refractivity contribution in [1.82, 2.24) is 30.0 Å². The number of rotatable bonds is 7. The Balaban J connectivity index is 1.25. The third-order valence-corrected chi connectivity index (χ3v) is 6.52. The zero-order valence-electron chi connectivity index (χ0n) is 20.4. The fraction of sp³-hybridized carbons (Fsp3) is 0.346. The first-order valence-electron chi connectivity index (χ1n) is 12.1. The lowest BCUT2D eigenvalue weighted by atomic mass is 9.97. The van der Waals surface area contributed by atoms with Crippen LogP contribution >= 0.6 is 0 Å². The van der Waals surface area contributed by atoms with Crippen LogP contribution in [0.1, 0.15) is 45.7 Å². The van der Waals surface area contributed by atoms with Crippen LogP contribution in [0.25, 0.3) is 22.3 Å². The number of aromatic amines is 1. The Morgan fingerprint density at radius 1 is 1.08 bits per heavy atom. The lowest BCUT2D eigenvalue weighted by Crippen LogP contribution is -2.28. The van der Waals surface area contributed by atoms with E-state index >= 15 is 0 Å². The molecule has 0 spiro atoms. The molecule has 10 heteroatoms. The van der Waals surface area contributed by atoms with Gasteiger partial charge in [-0.15, -0.1) is 0 Å².